The van der Waals surface area contributed by atoms with E-state index in [1.54, 1.807) is 23.2 Å². The maximum Gasteiger partial charge on any atom is 0.350 e. The van der Waals surface area contributed by atoms with E-state index in [1.165, 1.54) is 9.08 Å². The van der Waals surface area contributed by atoms with Crippen LogP contribution in [-0.4, -0.2) is 51.2 Å². The van der Waals surface area contributed by atoms with Crippen LogP contribution in [0.15, 0.2) is 29.2 Å². The van der Waals surface area contributed by atoms with Gasteiger partial charge in [-0.1, -0.05) is 6.07 Å². The van der Waals surface area contributed by atoms with E-state index in [2.05, 4.69) is 10.4 Å². The van der Waals surface area contributed by atoms with Crippen molar-refractivity contribution in [2.24, 2.45) is 0 Å². The fraction of sp³-hybridized carbons (Fsp3) is 0.500. The Morgan fingerprint density at radius 2 is 2.27 bits per heavy atom. The molecule has 2 aromatic rings. The smallest absolute Gasteiger partial charge is 0.340 e. The van der Waals surface area contributed by atoms with Crippen molar-refractivity contribution in [3.8, 4) is 0 Å². The van der Waals surface area contributed by atoms with Crippen LogP contribution in [0, 0.1) is 0 Å². The second-order valence-electron chi connectivity index (χ2n) is 5.34. The van der Waals surface area contributed by atoms with Gasteiger partial charge in [0.1, 0.15) is 6.54 Å². The van der Waals surface area contributed by atoms with Gasteiger partial charge in [-0.05, 0) is 32.0 Å². The van der Waals surface area contributed by atoms with E-state index in [9.17, 15) is 9.59 Å². The van der Waals surface area contributed by atoms with Crippen LogP contribution in [0.1, 0.15) is 12.8 Å². The summed E-state index contributed by atoms with van der Waals surface area (Å²) in [5.74, 6) is -0.0551. The number of carbonyl (C=O) groups excluding carboxylic acids is 1. The van der Waals surface area contributed by atoms with Gasteiger partial charge in [-0.15, -0.1) is 17.5 Å². The van der Waals surface area contributed by atoms with Crippen LogP contribution in [-0.2, 0) is 11.3 Å². The van der Waals surface area contributed by atoms with Gasteiger partial charge in [0.25, 0.3) is 0 Å². The fourth-order valence-electron chi connectivity index (χ4n) is 2.74. The Hall–Kier alpha value is -1.86. The van der Waals surface area contributed by atoms with Crippen molar-refractivity contribution in [1.29, 1.82) is 0 Å². The summed E-state index contributed by atoms with van der Waals surface area (Å²) in [5.41, 5.74) is 0.281. The van der Waals surface area contributed by atoms with Gasteiger partial charge in [0.2, 0.25) is 5.91 Å². The van der Waals surface area contributed by atoms with Crippen molar-refractivity contribution in [2.75, 3.05) is 20.1 Å². The van der Waals surface area contributed by atoms with Gasteiger partial charge in [0.05, 0.1) is 0 Å². The molecule has 120 valence electrons. The molecule has 1 fully saturated rings. The van der Waals surface area contributed by atoms with Gasteiger partial charge in [-0.2, -0.15) is 0 Å². The zero-order chi connectivity index (χ0) is 14.8. The number of rotatable bonds is 3. The van der Waals surface area contributed by atoms with Gasteiger partial charge < -0.3 is 10.2 Å². The number of pyridine rings is 1. The van der Waals surface area contributed by atoms with E-state index in [0.717, 1.165) is 19.4 Å². The molecule has 7 nitrogen and oxygen atoms in total. The first kappa shape index (κ1) is 16.5. The van der Waals surface area contributed by atoms with Crippen LogP contribution in [0.5, 0.6) is 0 Å². The highest BCUT2D eigenvalue weighted by molar-refractivity contribution is 5.85. The van der Waals surface area contributed by atoms with Crippen molar-refractivity contribution in [1.82, 2.24) is 24.4 Å². The Morgan fingerprint density at radius 3 is 3.00 bits per heavy atom. The predicted octanol–water partition coefficient (Wildman–Crippen LogP) is 0.128. The van der Waals surface area contributed by atoms with Crippen molar-refractivity contribution < 1.29 is 4.79 Å². The van der Waals surface area contributed by atoms with Crippen LogP contribution in [0.2, 0.25) is 0 Å². The number of fused-ring (bicyclic) bond motifs is 1. The van der Waals surface area contributed by atoms with Crippen molar-refractivity contribution in [3.63, 3.8) is 0 Å². The number of likely N-dealkylation sites (tertiary alicyclic amines) is 1. The maximum atomic E-state index is 12.3. The van der Waals surface area contributed by atoms with Crippen LogP contribution in [0.25, 0.3) is 5.65 Å². The number of aromatic nitrogens is 3. The fourth-order valence-corrected chi connectivity index (χ4v) is 2.74. The molecule has 0 radical (unpaired) electrons. The highest BCUT2D eigenvalue weighted by Crippen LogP contribution is 2.10. The van der Waals surface area contributed by atoms with E-state index < -0.39 is 0 Å². The second kappa shape index (κ2) is 6.93. The SMILES string of the molecule is CNC1CCCN(C(=O)Cn2nc3ccccn3c2=O)C1.Cl. The largest absolute Gasteiger partial charge is 0.350 e. The summed E-state index contributed by atoms with van der Waals surface area (Å²) in [4.78, 5) is 26.3. The van der Waals surface area contributed by atoms with Gasteiger partial charge >= 0.3 is 5.69 Å². The first-order chi connectivity index (χ1) is 10.2. The van der Waals surface area contributed by atoms with E-state index in [1.807, 2.05) is 13.1 Å². The molecule has 1 aliphatic rings. The van der Waals surface area contributed by atoms with Crippen molar-refractivity contribution >= 4 is 24.0 Å². The number of hydrogen-bond acceptors (Lipinski definition) is 4. The highest BCUT2D eigenvalue weighted by atomic mass is 35.5. The van der Waals surface area contributed by atoms with Gasteiger partial charge in [0.15, 0.2) is 5.65 Å². The molecular formula is C14H20ClN5O2. The molecule has 1 N–H and O–H groups in total. The standard InChI is InChI=1S/C14H19N5O2.ClH/c1-15-11-5-4-7-17(9-11)13(20)10-19-14(21)18-8-3-2-6-12(18)16-19;/h2-3,6,8,11,15H,4-5,7,9-10H2,1H3;1H. The first-order valence-electron chi connectivity index (χ1n) is 7.18. The third-order valence-corrected chi connectivity index (χ3v) is 3.96. The molecule has 1 aliphatic heterocycles. The lowest BCUT2D eigenvalue weighted by atomic mass is 10.1. The molecule has 0 saturated carbocycles. The second-order valence-corrected chi connectivity index (χ2v) is 5.34. The minimum atomic E-state index is -0.277. The number of amides is 1. The highest BCUT2D eigenvalue weighted by Gasteiger charge is 2.23. The number of nitrogens with zero attached hydrogens (tertiary/aromatic N) is 4. The predicted molar refractivity (Wildman–Crippen MR) is 85.4 cm³/mol. The van der Waals surface area contributed by atoms with E-state index >= 15 is 0 Å². The number of halogens is 1. The molecule has 0 bridgehead atoms. The normalized spacial score (nSPS) is 18.2. The summed E-state index contributed by atoms with van der Waals surface area (Å²) in [6.07, 6.45) is 3.72. The number of likely N-dealkylation sites (N-methyl/N-ethyl adjacent to an activating group) is 1. The van der Waals surface area contributed by atoms with Crippen molar-refractivity contribution in [2.45, 2.75) is 25.4 Å². The summed E-state index contributed by atoms with van der Waals surface area (Å²) in [7, 11) is 1.91. The molecule has 1 atom stereocenters. The number of piperidine rings is 1. The Kier molecular flexibility index (Phi) is 5.20. The maximum absolute atomic E-state index is 12.3. The third-order valence-electron chi connectivity index (χ3n) is 3.96. The van der Waals surface area contributed by atoms with Crippen LogP contribution in [0.3, 0.4) is 0 Å². The third kappa shape index (κ3) is 3.15. The van der Waals surface area contributed by atoms with Gasteiger partial charge in [-0.3, -0.25) is 9.20 Å². The monoisotopic (exact) mass is 325 g/mol. The Labute approximate surface area is 134 Å². The van der Waals surface area contributed by atoms with E-state index in [-0.39, 0.29) is 30.5 Å². The van der Waals surface area contributed by atoms with E-state index in [0.29, 0.717) is 18.2 Å². The molecule has 8 heteroatoms. The van der Waals surface area contributed by atoms with Crippen LogP contribution >= 0.6 is 12.4 Å². The van der Waals surface area contributed by atoms with Crippen LogP contribution < -0.4 is 11.0 Å². The minimum absolute atomic E-state index is 0. The summed E-state index contributed by atoms with van der Waals surface area (Å²) >= 11 is 0. The zero-order valence-corrected chi connectivity index (χ0v) is 13.3. The molecule has 22 heavy (non-hydrogen) atoms. The van der Waals surface area contributed by atoms with Gasteiger partial charge in [0, 0.05) is 25.3 Å². The zero-order valence-electron chi connectivity index (χ0n) is 12.4. The molecule has 2 aromatic heterocycles. The lowest BCUT2D eigenvalue weighted by Gasteiger charge is -2.32. The van der Waals surface area contributed by atoms with Gasteiger partial charge in [-0.25, -0.2) is 9.48 Å². The first-order valence-corrected chi connectivity index (χ1v) is 7.18. The number of nitrogens with one attached hydrogen (secondary N) is 1. The Balaban J connectivity index is 0.00000176. The minimum Gasteiger partial charge on any atom is -0.340 e. The molecule has 3 heterocycles. The lowest BCUT2D eigenvalue weighted by Crippen LogP contribution is -2.48. The van der Waals surface area contributed by atoms with Crippen molar-refractivity contribution in [3.05, 3.63) is 34.9 Å². The van der Waals surface area contributed by atoms with E-state index in [4.69, 9.17) is 0 Å². The summed E-state index contributed by atoms with van der Waals surface area (Å²) in [5, 5.41) is 7.39. The topological polar surface area (TPSA) is 71.6 Å². The average molecular weight is 326 g/mol. The summed E-state index contributed by atoms with van der Waals surface area (Å²) < 4.78 is 2.68. The number of carbonyl (C=O) groups is 1. The molecule has 0 aromatic carbocycles. The number of hydrogen-bond donors (Lipinski definition) is 1. The summed E-state index contributed by atoms with van der Waals surface area (Å²) in [6, 6.07) is 5.67. The Morgan fingerprint density at radius 1 is 1.45 bits per heavy atom. The Bertz CT molecular complexity index is 711. The molecule has 0 spiro atoms. The molecule has 0 aliphatic carbocycles. The quantitative estimate of drug-likeness (QED) is 0.870. The molecule has 1 unspecified atom stereocenters. The average Bonchev–Trinajstić information content (AvgIpc) is 2.84. The molecule has 1 saturated heterocycles. The molecule has 3 rings (SSSR count). The molecule has 1 amide bonds. The van der Waals surface area contributed by atoms with Crippen LogP contribution in [0.4, 0.5) is 0 Å². The lowest BCUT2D eigenvalue weighted by molar-refractivity contribution is -0.133. The molecular weight excluding hydrogens is 306 g/mol. The summed E-state index contributed by atoms with van der Waals surface area (Å²) in [6.45, 7) is 1.44.